The van der Waals surface area contributed by atoms with E-state index < -0.39 is 17.9 Å². The van der Waals surface area contributed by atoms with Gasteiger partial charge < -0.3 is 9.72 Å². The average molecular weight is 423 g/mol. The second-order valence-electron chi connectivity index (χ2n) is 7.52. The summed E-state index contributed by atoms with van der Waals surface area (Å²) in [5, 5.41) is 4.93. The topological polar surface area (TPSA) is 111 Å². The van der Waals surface area contributed by atoms with Gasteiger partial charge in [0, 0.05) is 23.2 Å². The molecule has 1 aromatic carbocycles. The van der Waals surface area contributed by atoms with Crippen LogP contribution in [-0.4, -0.2) is 38.4 Å². The fourth-order valence-electron chi connectivity index (χ4n) is 3.75. The molecule has 0 radical (unpaired) electrons. The van der Waals surface area contributed by atoms with Gasteiger partial charge in [0.2, 0.25) is 5.78 Å². The minimum Gasteiger partial charge on any atom is -0.449 e. The van der Waals surface area contributed by atoms with E-state index in [1.165, 1.54) is 18.5 Å². The number of ether oxygens (including phenoxy) is 1. The number of aromatic amines is 1. The predicted octanol–water partition coefficient (Wildman–Crippen LogP) is 3.38. The van der Waals surface area contributed by atoms with Gasteiger partial charge in [-0.05, 0) is 45.7 Å². The van der Waals surface area contributed by atoms with Gasteiger partial charge >= 0.3 is 5.97 Å². The van der Waals surface area contributed by atoms with Gasteiger partial charge in [-0.25, -0.2) is 9.48 Å². The molecule has 162 valence electrons. The summed E-state index contributed by atoms with van der Waals surface area (Å²) in [6, 6.07) is 6.67. The Morgan fingerprint density at radius 2 is 1.81 bits per heavy atom. The predicted molar refractivity (Wildman–Crippen MR) is 116 cm³/mol. The second kappa shape index (κ2) is 8.67. The van der Waals surface area contributed by atoms with Crippen molar-refractivity contribution in [2.75, 3.05) is 0 Å². The van der Waals surface area contributed by atoms with Gasteiger partial charge in [-0.2, -0.15) is 5.10 Å². The van der Waals surface area contributed by atoms with E-state index in [4.69, 9.17) is 4.74 Å². The van der Waals surface area contributed by atoms with Crippen molar-refractivity contribution in [2.24, 2.45) is 0 Å². The zero-order valence-corrected chi connectivity index (χ0v) is 18.2. The number of nitrogens with zero attached hydrogens (tertiary/aromatic N) is 2. The van der Waals surface area contributed by atoms with E-state index in [-0.39, 0.29) is 22.7 Å². The maximum Gasteiger partial charge on any atom is 0.360 e. The van der Waals surface area contributed by atoms with Crippen molar-refractivity contribution in [1.29, 1.82) is 0 Å². The standard InChI is InChI=1S/C23H25N3O5/c1-6-11-26-22(29)17-10-8-7-9-16(17)20(25-26)23(30)31-15(5)21(28)19-12(2)18(14(4)27)13(3)24-19/h7-10,15,24H,6,11H2,1-5H3. The number of aromatic nitrogens is 3. The average Bonchev–Trinajstić information content (AvgIpc) is 3.03. The lowest BCUT2D eigenvalue weighted by Gasteiger charge is -2.14. The van der Waals surface area contributed by atoms with Gasteiger partial charge in [0.1, 0.15) is 0 Å². The third-order valence-corrected chi connectivity index (χ3v) is 5.19. The van der Waals surface area contributed by atoms with Crippen LogP contribution in [0.5, 0.6) is 0 Å². The molecule has 0 spiro atoms. The minimum absolute atomic E-state index is 0.0212. The van der Waals surface area contributed by atoms with Crippen molar-refractivity contribution in [1.82, 2.24) is 14.8 Å². The van der Waals surface area contributed by atoms with Gasteiger partial charge in [0.15, 0.2) is 17.6 Å². The Hall–Kier alpha value is -3.55. The molecule has 8 nitrogen and oxygen atoms in total. The molecule has 0 aliphatic rings. The van der Waals surface area contributed by atoms with E-state index in [1.807, 2.05) is 6.92 Å². The van der Waals surface area contributed by atoms with Crippen molar-refractivity contribution >= 4 is 28.3 Å². The monoisotopic (exact) mass is 423 g/mol. The molecule has 0 bridgehead atoms. The van der Waals surface area contributed by atoms with Crippen LogP contribution in [-0.2, 0) is 11.3 Å². The molecular weight excluding hydrogens is 398 g/mol. The molecule has 2 aromatic heterocycles. The fourth-order valence-corrected chi connectivity index (χ4v) is 3.75. The summed E-state index contributed by atoms with van der Waals surface area (Å²) >= 11 is 0. The molecule has 0 saturated carbocycles. The molecule has 3 aromatic rings. The lowest BCUT2D eigenvalue weighted by Crippen LogP contribution is -2.29. The Morgan fingerprint density at radius 1 is 1.16 bits per heavy atom. The maximum atomic E-state index is 12.9. The molecule has 0 aliphatic carbocycles. The largest absolute Gasteiger partial charge is 0.449 e. The normalized spacial score (nSPS) is 12.0. The molecule has 1 atom stereocenters. The number of rotatable bonds is 7. The summed E-state index contributed by atoms with van der Waals surface area (Å²) in [5.41, 5.74) is 1.50. The molecule has 0 aliphatic heterocycles. The Morgan fingerprint density at radius 3 is 2.39 bits per heavy atom. The van der Waals surface area contributed by atoms with Crippen LogP contribution in [0.4, 0.5) is 0 Å². The van der Waals surface area contributed by atoms with E-state index in [0.29, 0.717) is 40.6 Å². The van der Waals surface area contributed by atoms with Crippen molar-refractivity contribution in [2.45, 2.75) is 53.7 Å². The van der Waals surface area contributed by atoms with E-state index in [1.54, 1.807) is 38.1 Å². The number of ketones is 2. The molecule has 31 heavy (non-hydrogen) atoms. The van der Waals surface area contributed by atoms with Crippen LogP contribution >= 0.6 is 0 Å². The Bertz CT molecular complexity index is 1250. The number of hydrogen-bond acceptors (Lipinski definition) is 6. The van der Waals surface area contributed by atoms with Gasteiger partial charge in [-0.1, -0.05) is 25.1 Å². The number of hydrogen-bond donors (Lipinski definition) is 1. The summed E-state index contributed by atoms with van der Waals surface area (Å²) < 4.78 is 6.67. The Kier molecular flexibility index (Phi) is 6.19. The van der Waals surface area contributed by atoms with E-state index in [0.717, 1.165) is 0 Å². The Balaban J connectivity index is 1.95. The van der Waals surface area contributed by atoms with E-state index >= 15 is 0 Å². The van der Waals surface area contributed by atoms with Crippen LogP contribution < -0.4 is 5.56 Å². The third kappa shape index (κ3) is 4.05. The summed E-state index contributed by atoms with van der Waals surface area (Å²) in [4.78, 5) is 53.2. The quantitative estimate of drug-likeness (QED) is 0.461. The summed E-state index contributed by atoms with van der Waals surface area (Å²) in [5.74, 6) is -1.40. The molecule has 1 N–H and O–H groups in total. The first-order chi connectivity index (χ1) is 14.7. The van der Waals surface area contributed by atoms with Crippen LogP contribution in [0.3, 0.4) is 0 Å². The molecule has 1 unspecified atom stereocenters. The SMILES string of the molecule is CCCn1nc(C(=O)OC(C)C(=O)c2[nH]c(C)c(C(C)=O)c2C)c2ccccc2c1=O. The number of H-pyrrole nitrogens is 1. The molecule has 0 saturated heterocycles. The second-order valence-corrected chi connectivity index (χ2v) is 7.52. The smallest absolute Gasteiger partial charge is 0.360 e. The van der Waals surface area contributed by atoms with Gasteiger partial charge in [-0.3, -0.25) is 14.4 Å². The number of carbonyl (C=O) groups is 3. The first kappa shape index (κ1) is 22.1. The molecule has 8 heteroatoms. The fraction of sp³-hybridized carbons (Fsp3) is 0.348. The van der Waals surface area contributed by atoms with Crippen molar-refractivity contribution in [3.8, 4) is 0 Å². The first-order valence-electron chi connectivity index (χ1n) is 10.1. The van der Waals surface area contributed by atoms with Gasteiger partial charge in [0.05, 0.1) is 11.1 Å². The molecular formula is C23H25N3O5. The number of aryl methyl sites for hydroxylation is 2. The molecule has 0 amide bonds. The lowest BCUT2D eigenvalue weighted by atomic mass is 10.0. The van der Waals surface area contributed by atoms with Crippen LogP contribution in [0.15, 0.2) is 29.1 Å². The van der Waals surface area contributed by atoms with Crippen LogP contribution in [0.25, 0.3) is 10.8 Å². The number of fused-ring (bicyclic) bond motifs is 1. The molecule has 3 rings (SSSR count). The van der Waals surface area contributed by atoms with Crippen LogP contribution in [0.1, 0.15) is 69.8 Å². The summed E-state index contributed by atoms with van der Waals surface area (Å²) in [7, 11) is 0. The van der Waals surface area contributed by atoms with E-state index in [2.05, 4.69) is 10.1 Å². The van der Waals surface area contributed by atoms with Crippen molar-refractivity contribution < 1.29 is 19.1 Å². The van der Waals surface area contributed by atoms with Crippen LogP contribution in [0.2, 0.25) is 0 Å². The summed E-state index contributed by atoms with van der Waals surface area (Å²) in [6.07, 6.45) is -0.449. The molecule has 0 fully saturated rings. The Labute approximate surface area is 179 Å². The number of nitrogens with one attached hydrogen (secondary N) is 1. The number of benzene rings is 1. The molecule has 2 heterocycles. The summed E-state index contributed by atoms with van der Waals surface area (Å²) in [6.45, 7) is 8.55. The van der Waals surface area contributed by atoms with Crippen LogP contribution in [0, 0.1) is 13.8 Å². The van der Waals surface area contributed by atoms with Crippen molar-refractivity contribution in [3.05, 3.63) is 62.8 Å². The highest BCUT2D eigenvalue weighted by atomic mass is 16.5. The highest BCUT2D eigenvalue weighted by Gasteiger charge is 2.28. The zero-order chi connectivity index (χ0) is 22.9. The number of esters is 1. The van der Waals surface area contributed by atoms with E-state index in [9.17, 15) is 19.2 Å². The number of carbonyl (C=O) groups excluding carboxylic acids is 3. The number of Topliss-reactive ketones (excluding diaryl/α,β-unsaturated/α-hetero) is 2. The van der Waals surface area contributed by atoms with Crippen molar-refractivity contribution in [3.63, 3.8) is 0 Å². The van der Waals surface area contributed by atoms with Gasteiger partial charge in [0.25, 0.3) is 5.56 Å². The zero-order valence-electron chi connectivity index (χ0n) is 18.2. The third-order valence-electron chi connectivity index (χ3n) is 5.19. The lowest BCUT2D eigenvalue weighted by molar-refractivity contribution is 0.0311. The maximum absolute atomic E-state index is 12.9. The van der Waals surface area contributed by atoms with Gasteiger partial charge in [-0.15, -0.1) is 0 Å². The highest BCUT2D eigenvalue weighted by Crippen LogP contribution is 2.21. The first-order valence-corrected chi connectivity index (χ1v) is 10.1. The highest BCUT2D eigenvalue weighted by molar-refractivity contribution is 6.07. The minimum atomic E-state index is -1.11.